The second-order valence-corrected chi connectivity index (χ2v) is 7.83. The number of hydrogen-bond donors (Lipinski definition) is 1. The lowest BCUT2D eigenvalue weighted by molar-refractivity contribution is -0.160. The number of nitrogens with zero attached hydrogens (tertiary/aromatic N) is 1. The minimum absolute atomic E-state index is 0.0938. The van der Waals surface area contributed by atoms with E-state index in [2.05, 4.69) is 0 Å². The van der Waals surface area contributed by atoms with Gasteiger partial charge in [0.25, 0.3) is 0 Å². The molecule has 1 aromatic rings. The molecule has 7 heteroatoms. The van der Waals surface area contributed by atoms with Gasteiger partial charge >= 0.3 is 5.97 Å². The maximum Gasteiger partial charge on any atom is 0.313 e. The van der Waals surface area contributed by atoms with E-state index in [1.807, 2.05) is 32.0 Å². The van der Waals surface area contributed by atoms with E-state index < -0.39 is 16.8 Å². The van der Waals surface area contributed by atoms with Gasteiger partial charge < -0.3 is 24.2 Å². The summed E-state index contributed by atoms with van der Waals surface area (Å²) in [7, 11) is 1.49. The summed E-state index contributed by atoms with van der Waals surface area (Å²) >= 11 is 0. The Balaban J connectivity index is 1.84. The molecule has 148 valence electrons. The molecule has 1 N–H and O–H groups in total. The average molecular weight is 377 g/mol. The summed E-state index contributed by atoms with van der Waals surface area (Å²) in [6.45, 7) is 5.50. The number of carbonyl (C=O) groups excluding carboxylic acids is 1. The predicted octanol–water partition coefficient (Wildman–Crippen LogP) is 2.08. The zero-order valence-electron chi connectivity index (χ0n) is 16.1. The van der Waals surface area contributed by atoms with Crippen LogP contribution in [0, 0.1) is 5.41 Å². The third-order valence-corrected chi connectivity index (χ3v) is 5.54. The fourth-order valence-electron chi connectivity index (χ4n) is 3.89. The molecular weight excluding hydrogens is 350 g/mol. The van der Waals surface area contributed by atoms with Gasteiger partial charge in [-0.2, -0.15) is 0 Å². The Hall–Kier alpha value is -2.28. The fourth-order valence-corrected chi connectivity index (χ4v) is 3.89. The topological polar surface area (TPSA) is 85.3 Å². The molecule has 2 heterocycles. The summed E-state index contributed by atoms with van der Waals surface area (Å²) in [5.41, 5.74) is -1.05. The first-order chi connectivity index (χ1) is 12.8. The summed E-state index contributed by atoms with van der Waals surface area (Å²) < 4.78 is 16.3. The van der Waals surface area contributed by atoms with Gasteiger partial charge in [0.05, 0.1) is 12.0 Å². The van der Waals surface area contributed by atoms with Crippen molar-refractivity contribution in [2.75, 3.05) is 40.0 Å². The van der Waals surface area contributed by atoms with Crippen molar-refractivity contribution in [3.63, 3.8) is 0 Å². The number of methoxy groups -OCH3 is 1. The number of carboxylic acids is 1. The molecule has 7 nitrogen and oxygen atoms in total. The van der Waals surface area contributed by atoms with Crippen molar-refractivity contribution >= 4 is 11.9 Å². The Morgan fingerprint density at radius 2 is 1.96 bits per heavy atom. The van der Waals surface area contributed by atoms with E-state index in [4.69, 9.17) is 14.2 Å². The van der Waals surface area contributed by atoms with Gasteiger partial charge in [-0.25, -0.2) is 0 Å². The standard InChI is InChI=1S/C20H27NO6/c1-19(2,14-5-6-15-16(11-14)27-10-9-26-15)17(22)21-8-4-7-20(12-21,13-25-3)18(23)24/h5-6,11H,4,7-10,12-13H2,1-3H3,(H,23,24). The highest BCUT2D eigenvalue weighted by molar-refractivity contribution is 5.88. The number of ether oxygens (including phenoxy) is 3. The molecule has 0 radical (unpaired) electrons. The van der Waals surface area contributed by atoms with Crippen LogP contribution in [-0.4, -0.2) is 61.9 Å². The largest absolute Gasteiger partial charge is 0.486 e. The number of rotatable bonds is 5. The highest BCUT2D eigenvalue weighted by atomic mass is 16.6. The molecule has 0 aliphatic carbocycles. The zero-order valence-corrected chi connectivity index (χ0v) is 16.1. The number of carboxylic acid groups (broad SMARTS) is 1. The fraction of sp³-hybridized carbons (Fsp3) is 0.600. The summed E-state index contributed by atoms with van der Waals surface area (Å²) in [6, 6.07) is 5.53. The maximum atomic E-state index is 13.3. The first-order valence-corrected chi connectivity index (χ1v) is 9.22. The monoisotopic (exact) mass is 377 g/mol. The number of carbonyl (C=O) groups is 2. The Bertz CT molecular complexity index is 727. The van der Waals surface area contributed by atoms with Crippen molar-refractivity contribution in [1.29, 1.82) is 0 Å². The Kier molecular flexibility index (Phi) is 5.33. The van der Waals surface area contributed by atoms with Gasteiger partial charge in [-0.3, -0.25) is 9.59 Å². The molecule has 1 aromatic carbocycles. The zero-order chi connectivity index (χ0) is 19.7. The minimum Gasteiger partial charge on any atom is -0.486 e. The molecule has 1 fully saturated rings. The first kappa shape index (κ1) is 19.5. The van der Waals surface area contributed by atoms with E-state index in [0.717, 1.165) is 5.56 Å². The molecule has 0 bridgehead atoms. The third-order valence-electron chi connectivity index (χ3n) is 5.54. The van der Waals surface area contributed by atoms with Gasteiger partial charge in [0.15, 0.2) is 11.5 Å². The molecule has 3 rings (SSSR count). The van der Waals surface area contributed by atoms with Gasteiger partial charge in [-0.15, -0.1) is 0 Å². The quantitative estimate of drug-likeness (QED) is 0.846. The SMILES string of the molecule is COCC1(C(=O)O)CCCN(C(=O)C(C)(C)c2ccc3c(c2)OCCO3)C1. The van der Waals surface area contributed by atoms with Crippen molar-refractivity contribution in [2.45, 2.75) is 32.1 Å². The van der Waals surface area contributed by atoms with E-state index in [0.29, 0.717) is 44.1 Å². The van der Waals surface area contributed by atoms with Crippen LogP contribution in [-0.2, 0) is 19.7 Å². The lowest BCUT2D eigenvalue weighted by Gasteiger charge is -2.42. The van der Waals surface area contributed by atoms with E-state index in [1.54, 1.807) is 4.90 Å². The molecule has 2 aliphatic rings. The lowest BCUT2D eigenvalue weighted by atomic mass is 9.78. The van der Waals surface area contributed by atoms with Gasteiger partial charge in [0.1, 0.15) is 18.6 Å². The van der Waals surface area contributed by atoms with Crippen LogP contribution < -0.4 is 9.47 Å². The minimum atomic E-state index is -1.05. The van der Waals surface area contributed by atoms with Crippen LogP contribution in [0.1, 0.15) is 32.3 Å². The van der Waals surface area contributed by atoms with Crippen LogP contribution in [0.4, 0.5) is 0 Å². The second kappa shape index (κ2) is 7.38. The second-order valence-electron chi connectivity index (χ2n) is 7.83. The maximum absolute atomic E-state index is 13.3. The molecule has 1 unspecified atom stereocenters. The molecule has 1 amide bonds. The van der Waals surface area contributed by atoms with Crippen LogP contribution in [0.5, 0.6) is 11.5 Å². The average Bonchev–Trinajstić information content (AvgIpc) is 2.67. The van der Waals surface area contributed by atoms with Crippen molar-refractivity contribution in [3.05, 3.63) is 23.8 Å². The van der Waals surface area contributed by atoms with Crippen LogP contribution in [0.2, 0.25) is 0 Å². The predicted molar refractivity (Wildman–Crippen MR) is 98.2 cm³/mol. The van der Waals surface area contributed by atoms with Gasteiger partial charge in [-0.1, -0.05) is 6.07 Å². The van der Waals surface area contributed by atoms with Gasteiger partial charge in [0, 0.05) is 20.2 Å². The Morgan fingerprint density at radius 3 is 2.63 bits per heavy atom. The molecule has 1 saturated heterocycles. The molecule has 1 atom stereocenters. The normalized spacial score (nSPS) is 22.4. The molecule has 0 saturated carbocycles. The molecular formula is C20H27NO6. The number of fused-ring (bicyclic) bond motifs is 1. The smallest absolute Gasteiger partial charge is 0.313 e. The Morgan fingerprint density at radius 1 is 1.26 bits per heavy atom. The number of benzene rings is 1. The number of amides is 1. The van der Waals surface area contributed by atoms with Crippen LogP contribution in [0.25, 0.3) is 0 Å². The van der Waals surface area contributed by atoms with Crippen molar-refractivity contribution in [3.8, 4) is 11.5 Å². The molecule has 27 heavy (non-hydrogen) atoms. The molecule has 2 aliphatic heterocycles. The molecule has 0 aromatic heterocycles. The molecule has 0 spiro atoms. The number of hydrogen-bond acceptors (Lipinski definition) is 5. The summed E-state index contributed by atoms with van der Waals surface area (Å²) in [5, 5.41) is 9.72. The highest BCUT2D eigenvalue weighted by Gasteiger charge is 2.46. The van der Waals surface area contributed by atoms with Crippen molar-refractivity contribution in [2.24, 2.45) is 5.41 Å². The first-order valence-electron chi connectivity index (χ1n) is 9.22. The lowest BCUT2D eigenvalue weighted by Crippen LogP contribution is -2.55. The highest BCUT2D eigenvalue weighted by Crippen LogP contribution is 2.38. The summed E-state index contributed by atoms with van der Waals surface area (Å²) in [4.78, 5) is 26.8. The third kappa shape index (κ3) is 3.60. The van der Waals surface area contributed by atoms with Crippen LogP contribution in [0.3, 0.4) is 0 Å². The van der Waals surface area contributed by atoms with E-state index in [1.165, 1.54) is 7.11 Å². The van der Waals surface area contributed by atoms with E-state index in [9.17, 15) is 14.7 Å². The number of piperidine rings is 1. The number of likely N-dealkylation sites (tertiary alicyclic amines) is 1. The van der Waals surface area contributed by atoms with Crippen LogP contribution >= 0.6 is 0 Å². The number of aliphatic carboxylic acids is 1. The van der Waals surface area contributed by atoms with Gasteiger partial charge in [0.2, 0.25) is 5.91 Å². The van der Waals surface area contributed by atoms with Crippen LogP contribution in [0.15, 0.2) is 18.2 Å². The van der Waals surface area contributed by atoms with Gasteiger partial charge in [-0.05, 0) is 44.4 Å². The summed E-state index contributed by atoms with van der Waals surface area (Å²) in [6.07, 6.45) is 1.14. The van der Waals surface area contributed by atoms with E-state index in [-0.39, 0.29) is 19.1 Å². The van der Waals surface area contributed by atoms with Crippen molar-refractivity contribution < 1.29 is 28.9 Å². The Labute approximate surface area is 159 Å². The summed E-state index contributed by atoms with van der Waals surface area (Å²) in [5.74, 6) is 0.299. The van der Waals surface area contributed by atoms with E-state index >= 15 is 0 Å². The van der Waals surface area contributed by atoms with Crippen molar-refractivity contribution in [1.82, 2.24) is 4.90 Å².